The average Bonchev–Trinajstić information content (AvgIpc) is 3.13. The minimum Gasteiger partial charge on any atom is -0.310 e. The molecule has 4 nitrogen and oxygen atoms in total. The van der Waals surface area contributed by atoms with Gasteiger partial charge in [-0.25, -0.2) is 17.5 Å². The highest BCUT2D eigenvalue weighted by atomic mass is 35.5. The van der Waals surface area contributed by atoms with Crippen molar-refractivity contribution < 1.29 is 12.8 Å². The van der Waals surface area contributed by atoms with E-state index in [4.69, 9.17) is 11.6 Å². The average molecular weight is 321 g/mol. The zero-order valence-electron chi connectivity index (χ0n) is 11.4. The summed E-state index contributed by atoms with van der Waals surface area (Å²) in [5.74, 6) is -0.717. The summed E-state index contributed by atoms with van der Waals surface area (Å²) in [6, 6.07) is 2.55. The number of rotatable bonds is 6. The van der Waals surface area contributed by atoms with Crippen molar-refractivity contribution in [3.63, 3.8) is 0 Å². The van der Waals surface area contributed by atoms with Crippen LogP contribution in [-0.2, 0) is 16.6 Å². The van der Waals surface area contributed by atoms with Gasteiger partial charge in [0, 0.05) is 18.6 Å². The fourth-order valence-electron chi connectivity index (χ4n) is 1.82. The Bertz CT molecular complexity index is 601. The fraction of sp³-hybridized carbons (Fsp3) is 0.538. The van der Waals surface area contributed by atoms with Crippen LogP contribution in [0.2, 0.25) is 5.02 Å². The van der Waals surface area contributed by atoms with E-state index in [2.05, 4.69) is 10.0 Å². The van der Waals surface area contributed by atoms with Crippen LogP contribution < -0.4 is 10.0 Å². The van der Waals surface area contributed by atoms with E-state index in [1.807, 2.05) is 0 Å². The standard InChI is InChI=1S/C13H18ClFN2O2S/c1-8(2)17-20(18,19)11-5-9(7-16-10-3-4-10)13(14)12(15)6-11/h5-6,8,10,16-17H,3-4,7H2,1-2H3. The largest absolute Gasteiger partial charge is 0.310 e. The molecule has 112 valence electrons. The first-order valence-electron chi connectivity index (χ1n) is 6.53. The molecule has 1 aromatic carbocycles. The molecule has 20 heavy (non-hydrogen) atoms. The minimum atomic E-state index is -3.72. The van der Waals surface area contributed by atoms with E-state index in [1.54, 1.807) is 13.8 Å². The smallest absolute Gasteiger partial charge is 0.240 e. The number of halogens is 2. The van der Waals surface area contributed by atoms with Crippen LogP contribution in [0.15, 0.2) is 17.0 Å². The second-order valence-electron chi connectivity index (χ2n) is 5.31. The van der Waals surface area contributed by atoms with E-state index in [-0.39, 0.29) is 16.0 Å². The molecule has 0 amide bonds. The summed E-state index contributed by atoms with van der Waals surface area (Å²) in [6.45, 7) is 3.78. The molecule has 0 radical (unpaired) electrons. The van der Waals surface area contributed by atoms with E-state index < -0.39 is 15.8 Å². The summed E-state index contributed by atoms with van der Waals surface area (Å²) >= 11 is 5.89. The van der Waals surface area contributed by atoms with Gasteiger partial charge in [0.15, 0.2) is 0 Å². The molecular formula is C13H18ClFN2O2S. The van der Waals surface area contributed by atoms with Gasteiger partial charge < -0.3 is 5.32 Å². The SMILES string of the molecule is CC(C)NS(=O)(=O)c1cc(F)c(Cl)c(CNC2CC2)c1. The van der Waals surface area contributed by atoms with Crippen molar-refractivity contribution >= 4 is 21.6 Å². The minimum absolute atomic E-state index is 0.0263. The molecule has 0 atom stereocenters. The molecule has 0 bridgehead atoms. The monoisotopic (exact) mass is 320 g/mol. The van der Waals surface area contributed by atoms with Gasteiger partial charge >= 0.3 is 0 Å². The first-order chi connectivity index (χ1) is 9.29. The number of hydrogen-bond acceptors (Lipinski definition) is 3. The van der Waals surface area contributed by atoms with Crippen LogP contribution in [0.4, 0.5) is 4.39 Å². The Hall–Kier alpha value is -0.690. The molecular weight excluding hydrogens is 303 g/mol. The van der Waals surface area contributed by atoms with E-state index >= 15 is 0 Å². The highest BCUT2D eigenvalue weighted by Gasteiger charge is 2.23. The van der Waals surface area contributed by atoms with Crippen LogP contribution >= 0.6 is 11.6 Å². The summed E-state index contributed by atoms with van der Waals surface area (Å²) in [7, 11) is -3.72. The van der Waals surface area contributed by atoms with Gasteiger partial charge in [0.1, 0.15) is 5.82 Å². The first kappa shape index (κ1) is 15.7. The van der Waals surface area contributed by atoms with Crippen molar-refractivity contribution in [3.05, 3.63) is 28.5 Å². The Morgan fingerprint density at radius 1 is 1.40 bits per heavy atom. The maximum absolute atomic E-state index is 13.8. The molecule has 0 heterocycles. The summed E-state index contributed by atoms with van der Waals surface area (Å²) in [5, 5.41) is 3.17. The normalized spacial score (nSPS) is 15.8. The summed E-state index contributed by atoms with van der Waals surface area (Å²) in [6.07, 6.45) is 2.18. The molecule has 0 saturated heterocycles. The number of sulfonamides is 1. The maximum atomic E-state index is 13.8. The van der Waals surface area contributed by atoms with Gasteiger partial charge in [0.25, 0.3) is 0 Å². The van der Waals surface area contributed by atoms with Crippen molar-refractivity contribution in [1.29, 1.82) is 0 Å². The summed E-state index contributed by atoms with van der Waals surface area (Å²) < 4.78 is 40.4. The van der Waals surface area contributed by atoms with Gasteiger partial charge in [-0.2, -0.15) is 0 Å². The lowest BCUT2D eigenvalue weighted by Crippen LogP contribution is -2.30. The predicted molar refractivity (Wildman–Crippen MR) is 76.7 cm³/mol. The second kappa shape index (κ2) is 5.97. The molecule has 0 aliphatic heterocycles. The van der Waals surface area contributed by atoms with Gasteiger partial charge in [0.2, 0.25) is 10.0 Å². The van der Waals surface area contributed by atoms with Gasteiger partial charge in [-0.1, -0.05) is 11.6 Å². The van der Waals surface area contributed by atoms with Crippen LogP contribution in [-0.4, -0.2) is 20.5 Å². The van der Waals surface area contributed by atoms with E-state index in [0.717, 1.165) is 18.9 Å². The first-order valence-corrected chi connectivity index (χ1v) is 8.39. The lowest BCUT2D eigenvalue weighted by molar-refractivity contribution is 0.565. The lowest BCUT2D eigenvalue weighted by atomic mass is 10.2. The van der Waals surface area contributed by atoms with Crippen molar-refractivity contribution in [2.45, 2.75) is 50.2 Å². The topological polar surface area (TPSA) is 58.2 Å². The van der Waals surface area contributed by atoms with E-state index in [9.17, 15) is 12.8 Å². The molecule has 2 N–H and O–H groups in total. The molecule has 2 rings (SSSR count). The molecule has 7 heteroatoms. The summed E-state index contributed by atoms with van der Waals surface area (Å²) in [5.41, 5.74) is 0.461. The van der Waals surface area contributed by atoms with Crippen LogP contribution in [0, 0.1) is 5.82 Å². The zero-order chi connectivity index (χ0) is 14.9. The van der Waals surface area contributed by atoms with Crippen LogP contribution in [0.25, 0.3) is 0 Å². The van der Waals surface area contributed by atoms with Crippen LogP contribution in [0.1, 0.15) is 32.3 Å². The molecule has 0 unspecified atom stereocenters. The fourth-order valence-corrected chi connectivity index (χ4v) is 3.31. The highest BCUT2D eigenvalue weighted by molar-refractivity contribution is 7.89. The van der Waals surface area contributed by atoms with Crippen molar-refractivity contribution in [2.24, 2.45) is 0 Å². The third-order valence-corrected chi connectivity index (χ3v) is 5.00. The molecule has 1 fully saturated rings. The van der Waals surface area contributed by atoms with Crippen molar-refractivity contribution in [2.75, 3.05) is 0 Å². The third-order valence-electron chi connectivity index (χ3n) is 2.94. The van der Waals surface area contributed by atoms with Crippen LogP contribution in [0.3, 0.4) is 0 Å². The molecule has 0 aromatic heterocycles. The Morgan fingerprint density at radius 2 is 2.05 bits per heavy atom. The second-order valence-corrected chi connectivity index (χ2v) is 7.40. The third kappa shape index (κ3) is 3.91. The Morgan fingerprint density at radius 3 is 2.60 bits per heavy atom. The number of hydrogen-bond donors (Lipinski definition) is 2. The van der Waals surface area contributed by atoms with Crippen LogP contribution in [0.5, 0.6) is 0 Å². The molecule has 1 aromatic rings. The lowest BCUT2D eigenvalue weighted by Gasteiger charge is -2.13. The Labute approximate surface area is 123 Å². The Kier molecular flexibility index (Phi) is 4.69. The molecule has 0 spiro atoms. The van der Waals surface area contributed by atoms with Gasteiger partial charge in [-0.3, -0.25) is 0 Å². The maximum Gasteiger partial charge on any atom is 0.240 e. The summed E-state index contributed by atoms with van der Waals surface area (Å²) in [4.78, 5) is -0.0966. The van der Waals surface area contributed by atoms with Crippen molar-refractivity contribution in [3.8, 4) is 0 Å². The number of benzene rings is 1. The number of nitrogens with one attached hydrogen (secondary N) is 2. The van der Waals surface area contributed by atoms with Gasteiger partial charge in [-0.05, 0) is 44.4 Å². The molecule has 1 aliphatic rings. The molecule has 1 aliphatic carbocycles. The van der Waals surface area contributed by atoms with Gasteiger partial charge in [-0.15, -0.1) is 0 Å². The quantitative estimate of drug-likeness (QED) is 0.846. The highest BCUT2D eigenvalue weighted by Crippen LogP contribution is 2.26. The molecule has 1 saturated carbocycles. The predicted octanol–water partition coefficient (Wildman–Crippen LogP) is 2.42. The van der Waals surface area contributed by atoms with E-state index in [0.29, 0.717) is 18.2 Å². The van der Waals surface area contributed by atoms with Crippen molar-refractivity contribution in [1.82, 2.24) is 10.0 Å². The Balaban J connectivity index is 2.29. The zero-order valence-corrected chi connectivity index (χ0v) is 13.0. The van der Waals surface area contributed by atoms with E-state index in [1.165, 1.54) is 6.07 Å². The van der Waals surface area contributed by atoms with Gasteiger partial charge in [0.05, 0.1) is 9.92 Å².